The van der Waals surface area contributed by atoms with Crippen LogP contribution in [0.3, 0.4) is 0 Å². The lowest BCUT2D eigenvalue weighted by atomic mass is 9.97. The van der Waals surface area contributed by atoms with Gasteiger partial charge in [-0.1, -0.05) is 30.7 Å². The molecule has 0 amide bonds. The summed E-state index contributed by atoms with van der Waals surface area (Å²) in [5, 5.41) is 2.45. The number of rotatable bonds is 4. The lowest BCUT2D eigenvalue weighted by Crippen LogP contribution is -2.24. The molecule has 0 aromatic heterocycles. The summed E-state index contributed by atoms with van der Waals surface area (Å²) in [4.78, 5) is 0. The monoisotopic (exact) mass is 317 g/mol. The molecular formula is C15H12ClF4N. The summed E-state index contributed by atoms with van der Waals surface area (Å²) in [7, 11) is 0. The summed E-state index contributed by atoms with van der Waals surface area (Å²) < 4.78 is 54.8. The number of nitrogens with one attached hydrogen (secondary N) is 1. The summed E-state index contributed by atoms with van der Waals surface area (Å²) in [5.41, 5.74) is -0.235. The molecule has 1 nitrogen and oxygen atoms in total. The summed E-state index contributed by atoms with van der Waals surface area (Å²) in [5.74, 6) is -3.77. The van der Waals surface area contributed by atoms with Crippen molar-refractivity contribution in [3.8, 4) is 0 Å². The maximum atomic E-state index is 14.0. The maximum absolute atomic E-state index is 14.0. The Bertz CT molecular complexity index is 660. The van der Waals surface area contributed by atoms with E-state index in [1.807, 2.05) is 0 Å². The zero-order chi connectivity index (χ0) is 15.6. The van der Waals surface area contributed by atoms with E-state index in [0.29, 0.717) is 6.54 Å². The van der Waals surface area contributed by atoms with Gasteiger partial charge in [0.1, 0.15) is 11.6 Å². The van der Waals surface area contributed by atoms with E-state index >= 15 is 0 Å². The molecule has 0 saturated heterocycles. The average molecular weight is 318 g/mol. The Balaban J connectivity index is 2.59. The highest BCUT2D eigenvalue weighted by Gasteiger charge is 2.23. The fourth-order valence-corrected chi connectivity index (χ4v) is 2.24. The van der Waals surface area contributed by atoms with Crippen LogP contribution in [-0.4, -0.2) is 6.54 Å². The quantitative estimate of drug-likeness (QED) is 0.642. The molecule has 2 aromatic rings. The minimum atomic E-state index is -1.10. The highest BCUT2D eigenvalue weighted by Crippen LogP contribution is 2.30. The second-order valence-electron chi connectivity index (χ2n) is 4.42. The van der Waals surface area contributed by atoms with Crippen molar-refractivity contribution < 1.29 is 17.6 Å². The van der Waals surface area contributed by atoms with Gasteiger partial charge in [0, 0.05) is 11.1 Å². The molecule has 0 heterocycles. The minimum absolute atomic E-state index is 0.0996. The molecule has 21 heavy (non-hydrogen) atoms. The third-order valence-electron chi connectivity index (χ3n) is 3.05. The van der Waals surface area contributed by atoms with Crippen LogP contribution in [0, 0.1) is 23.3 Å². The molecule has 0 saturated carbocycles. The second-order valence-corrected chi connectivity index (χ2v) is 4.83. The Morgan fingerprint density at radius 3 is 2.38 bits per heavy atom. The van der Waals surface area contributed by atoms with Gasteiger partial charge in [-0.25, -0.2) is 17.6 Å². The van der Waals surface area contributed by atoms with Crippen molar-refractivity contribution in [2.45, 2.75) is 13.0 Å². The van der Waals surface area contributed by atoms with Gasteiger partial charge in [0.25, 0.3) is 0 Å². The van der Waals surface area contributed by atoms with E-state index in [4.69, 9.17) is 11.6 Å². The Morgan fingerprint density at radius 2 is 1.71 bits per heavy atom. The van der Waals surface area contributed by atoms with Crippen molar-refractivity contribution in [1.29, 1.82) is 0 Å². The van der Waals surface area contributed by atoms with Crippen LogP contribution < -0.4 is 5.32 Å². The van der Waals surface area contributed by atoms with E-state index in [1.54, 1.807) is 6.92 Å². The van der Waals surface area contributed by atoms with Gasteiger partial charge in [0.05, 0.1) is 11.1 Å². The molecule has 2 rings (SSSR count). The molecule has 1 unspecified atom stereocenters. The lowest BCUT2D eigenvalue weighted by molar-refractivity contribution is 0.475. The highest BCUT2D eigenvalue weighted by molar-refractivity contribution is 6.30. The third-order valence-corrected chi connectivity index (χ3v) is 3.34. The number of hydrogen-bond acceptors (Lipinski definition) is 1. The van der Waals surface area contributed by atoms with E-state index in [2.05, 4.69) is 5.32 Å². The molecule has 6 heteroatoms. The average Bonchev–Trinajstić information content (AvgIpc) is 2.44. The topological polar surface area (TPSA) is 12.0 Å². The fourth-order valence-electron chi connectivity index (χ4n) is 2.09. The summed E-state index contributed by atoms with van der Waals surface area (Å²) in [6.07, 6.45) is 0. The fraction of sp³-hybridized carbons (Fsp3) is 0.200. The molecular weight excluding hydrogens is 306 g/mol. The molecule has 0 spiro atoms. The van der Waals surface area contributed by atoms with Crippen LogP contribution in [0.1, 0.15) is 24.1 Å². The van der Waals surface area contributed by atoms with Crippen LogP contribution in [0.15, 0.2) is 30.3 Å². The molecule has 0 bridgehead atoms. The molecule has 0 aliphatic rings. The normalized spacial score (nSPS) is 12.5. The first kappa shape index (κ1) is 15.8. The van der Waals surface area contributed by atoms with Crippen LogP contribution >= 0.6 is 11.6 Å². The van der Waals surface area contributed by atoms with Crippen LogP contribution in [0.4, 0.5) is 17.6 Å². The van der Waals surface area contributed by atoms with Gasteiger partial charge >= 0.3 is 0 Å². The lowest BCUT2D eigenvalue weighted by Gasteiger charge is -2.20. The molecule has 2 aromatic carbocycles. The summed E-state index contributed by atoms with van der Waals surface area (Å²) >= 11 is 5.50. The highest BCUT2D eigenvalue weighted by atomic mass is 35.5. The molecule has 1 N–H and O–H groups in total. The summed E-state index contributed by atoms with van der Waals surface area (Å²) in [6.45, 7) is 2.07. The van der Waals surface area contributed by atoms with Gasteiger partial charge in [0.2, 0.25) is 0 Å². The Morgan fingerprint density at radius 1 is 1.00 bits per heavy atom. The first-order chi connectivity index (χ1) is 9.95. The first-order valence-electron chi connectivity index (χ1n) is 6.27. The maximum Gasteiger partial charge on any atom is 0.163 e. The Hall–Kier alpha value is -1.59. The first-order valence-corrected chi connectivity index (χ1v) is 6.65. The van der Waals surface area contributed by atoms with E-state index in [0.717, 1.165) is 18.2 Å². The molecule has 0 aliphatic heterocycles. The van der Waals surface area contributed by atoms with Gasteiger partial charge in [-0.05, 0) is 24.7 Å². The minimum Gasteiger partial charge on any atom is -0.306 e. The van der Waals surface area contributed by atoms with Crippen LogP contribution in [0.25, 0.3) is 0 Å². The van der Waals surface area contributed by atoms with Gasteiger partial charge in [-0.3, -0.25) is 0 Å². The van der Waals surface area contributed by atoms with Crippen LogP contribution in [-0.2, 0) is 0 Å². The van der Waals surface area contributed by atoms with Crippen molar-refractivity contribution in [3.63, 3.8) is 0 Å². The zero-order valence-corrected chi connectivity index (χ0v) is 11.8. The number of hydrogen-bond donors (Lipinski definition) is 1. The number of benzene rings is 2. The standard InChI is InChI=1S/C15H12ClF4N/c1-2-21-15(8-4-3-5-11(17)14(8)20)9-6-13(19)10(16)7-12(9)18/h3-7,15,21H,2H2,1H3. The zero-order valence-electron chi connectivity index (χ0n) is 11.1. The molecule has 112 valence electrons. The second kappa shape index (κ2) is 6.45. The molecule has 0 fully saturated rings. The molecule has 1 atom stereocenters. The number of halogens is 5. The molecule has 0 radical (unpaired) electrons. The van der Waals surface area contributed by atoms with E-state index in [-0.39, 0.29) is 16.1 Å². The Labute approximate surface area is 124 Å². The van der Waals surface area contributed by atoms with Crippen LogP contribution in [0.5, 0.6) is 0 Å². The van der Waals surface area contributed by atoms with Crippen molar-refractivity contribution in [1.82, 2.24) is 5.32 Å². The van der Waals surface area contributed by atoms with Gasteiger partial charge in [-0.2, -0.15) is 0 Å². The van der Waals surface area contributed by atoms with E-state index < -0.39 is 29.3 Å². The Kier molecular flexibility index (Phi) is 4.85. The predicted octanol–water partition coefficient (Wildman–Crippen LogP) is 4.60. The summed E-state index contributed by atoms with van der Waals surface area (Å²) in [6, 6.07) is 4.27. The van der Waals surface area contributed by atoms with Gasteiger partial charge < -0.3 is 5.32 Å². The van der Waals surface area contributed by atoms with Crippen molar-refractivity contribution in [3.05, 3.63) is 69.8 Å². The predicted molar refractivity (Wildman–Crippen MR) is 73.2 cm³/mol. The van der Waals surface area contributed by atoms with E-state index in [1.165, 1.54) is 12.1 Å². The van der Waals surface area contributed by atoms with Gasteiger partial charge in [-0.15, -0.1) is 0 Å². The van der Waals surface area contributed by atoms with Crippen molar-refractivity contribution in [2.24, 2.45) is 0 Å². The smallest absolute Gasteiger partial charge is 0.163 e. The van der Waals surface area contributed by atoms with E-state index in [9.17, 15) is 17.6 Å². The van der Waals surface area contributed by atoms with Crippen LogP contribution in [0.2, 0.25) is 5.02 Å². The largest absolute Gasteiger partial charge is 0.306 e. The SMILES string of the molecule is CCNC(c1cc(F)c(Cl)cc1F)c1cccc(F)c1F. The molecule has 0 aliphatic carbocycles. The third kappa shape index (κ3) is 3.19. The van der Waals surface area contributed by atoms with Crippen molar-refractivity contribution >= 4 is 11.6 Å². The van der Waals surface area contributed by atoms with Gasteiger partial charge in [0.15, 0.2) is 11.6 Å². The van der Waals surface area contributed by atoms with Crippen molar-refractivity contribution in [2.75, 3.05) is 6.54 Å².